The summed E-state index contributed by atoms with van der Waals surface area (Å²) >= 11 is 0. The third-order valence-electron chi connectivity index (χ3n) is 4.27. The van der Waals surface area contributed by atoms with Gasteiger partial charge in [0.1, 0.15) is 0 Å². The van der Waals surface area contributed by atoms with Crippen LogP contribution in [-0.4, -0.2) is 0 Å². The molecule has 0 atom stereocenters. The van der Waals surface area contributed by atoms with Crippen LogP contribution < -0.4 is 0 Å². The summed E-state index contributed by atoms with van der Waals surface area (Å²) in [5.41, 5.74) is 4.04. The van der Waals surface area contributed by atoms with Gasteiger partial charge >= 0.3 is 0 Å². The summed E-state index contributed by atoms with van der Waals surface area (Å²) in [6, 6.07) is 21.6. The van der Waals surface area contributed by atoms with Crippen molar-refractivity contribution in [1.82, 2.24) is 0 Å². The van der Waals surface area contributed by atoms with Crippen LogP contribution in [0.4, 0.5) is 0 Å². The Kier molecular flexibility index (Phi) is 3.56. The minimum absolute atomic E-state index is 0.0700. The molecule has 3 rings (SSSR count). The van der Waals surface area contributed by atoms with E-state index >= 15 is 0 Å². The summed E-state index contributed by atoms with van der Waals surface area (Å²) in [7, 11) is 0. The molecule has 0 N–H and O–H groups in total. The van der Waals surface area contributed by atoms with Crippen molar-refractivity contribution in [3.63, 3.8) is 0 Å². The normalized spacial score (nSPS) is 14.9. The quantitative estimate of drug-likeness (QED) is 0.705. The number of hydrogen-bond acceptors (Lipinski definition) is 0. The summed E-state index contributed by atoms with van der Waals surface area (Å²) in [5, 5.41) is 0. The highest BCUT2D eigenvalue weighted by molar-refractivity contribution is 5.51. The molecule has 0 aromatic heterocycles. The van der Waals surface area contributed by atoms with Gasteiger partial charge in [0.25, 0.3) is 0 Å². The van der Waals surface area contributed by atoms with Gasteiger partial charge in [-0.3, -0.25) is 0 Å². The summed E-state index contributed by atoms with van der Waals surface area (Å²) in [6.45, 7) is 2.33. The lowest BCUT2D eigenvalue weighted by Crippen LogP contribution is -2.26. The third-order valence-corrected chi connectivity index (χ3v) is 4.27. The zero-order valence-electron chi connectivity index (χ0n) is 11.9. The molecule has 0 aliphatic heterocycles. The molecule has 0 radical (unpaired) electrons. The predicted molar refractivity (Wildman–Crippen MR) is 85.8 cm³/mol. The second kappa shape index (κ2) is 5.50. The lowest BCUT2D eigenvalue weighted by atomic mass is 9.69. The van der Waals surface area contributed by atoms with Gasteiger partial charge < -0.3 is 0 Å². The second-order valence-electron chi connectivity index (χ2n) is 5.50. The van der Waals surface area contributed by atoms with E-state index in [1.807, 2.05) is 0 Å². The van der Waals surface area contributed by atoms with Crippen molar-refractivity contribution in [3.8, 4) is 0 Å². The molecule has 0 spiro atoms. The standard InChI is InChI=1S/C20H20/c1-20(17-11-5-2-6-12-17,18-13-7-3-8-14-18)19-15-9-4-10-16-19/h2-3,5-9,11-16H,4,10H2,1H3. The van der Waals surface area contributed by atoms with Crippen LogP contribution in [0.2, 0.25) is 0 Å². The fraction of sp³-hybridized carbons (Fsp3) is 0.200. The van der Waals surface area contributed by atoms with Gasteiger partial charge in [0.2, 0.25) is 0 Å². The Morgan fingerprint density at radius 1 is 0.750 bits per heavy atom. The van der Waals surface area contributed by atoms with E-state index in [0.717, 1.165) is 12.8 Å². The molecular formula is C20H20. The van der Waals surface area contributed by atoms with Crippen LogP contribution in [0, 0.1) is 0 Å². The van der Waals surface area contributed by atoms with E-state index in [4.69, 9.17) is 0 Å². The summed E-state index contributed by atoms with van der Waals surface area (Å²) in [4.78, 5) is 0. The van der Waals surface area contributed by atoms with Crippen molar-refractivity contribution >= 4 is 0 Å². The number of rotatable bonds is 3. The Balaban J connectivity index is 2.18. The summed E-state index contributed by atoms with van der Waals surface area (Å²) in [5.74, 6) is 0. The topological polar surface area (TPSA) is 0 Å². The van der Waals surface area contributed by atoms with Crippen LogP contribution in [0.5, 0.6) is 0 Å². The van der Waals surface area contributed by atoms with Crippen molar-refractivity contribution in [2.75, 3.05) is 0 Å². The molecular weight excluding hydrogens is 240 g/mol. The second-order valence-corrected chi connectivity index (χ2v) is 5.50. The molecule has 0 saturated carbocycles. The van der Waals surface area contributed by atoms with Gasteiger partial charge in [-0.2, -0.15) is 0 Å². The Morgan fingerprint density at radius 3 is 1.75 bits per heavy atom. The number of benzene rings is 2. The molecule has 1 aliphatic rings. The van der Waals surface area contributed by atoms with Gasteiger partial charge in [-0.1, -0.05) is 78.9 Å². The molecule has 2 aromatic rings. The maximum absolute atomic E-state index is 2.39. The number of allylic oxidation sites excluding steroid dienone is 4. The molecule has 0 heteroatoms. The van der Waals surface area contributed by atoms with Crippen LogP contribution in [0.3, 0.4) is 0 Å². The van der Waals surface area contributed by atoms with E-state index in [1.165, 1.54) is 16.7 Å². The largest absolute Gasteiger partial charge is 0.0839 e. The Morgan fingerprint density at radius 2 is 1.30 bits per heavy atom. The van der Waals surface area contributed by atoms with Crippen molar-refractivity contribution in [2.45, 2.75) is 25.2 Å². The van der Waals surface area contributed by atoms with Gasteiger partial charge in [0.15, 0.2) is 0 Å². The molecule has 0 heterocycles. The molecule has 0 bridgehead atoms. The Labute approximate surface area is 121 Å². The molecule has 0 fully saturated rings. The first kappa shape index (κ1) is 12.9. The minimum atomic E-state index is -0.0700. The third kappa shape index (κ3) is 2.22. The Hall–Kier alpha value is -2.08. The molecule has 0 saturated heterocycles. The maximum atomic E-state index is 2.39. The van der Waals surface area contributed by atoms with Gasteiger partial charge in [-0.25, -0.2) is 0 Å². The summed E-state index contributed by atoms with van der Waals surface area (Å²) < 4.78 is 0. The van der Waals surface area contributed by atoms with Gasteiger partial charge in [0, 0.05) is 5.41 Å². The lowest BCUT2D eigenvalue weighted by Gasteiger charge is -2.33. The van der Waals surface area contributed by atoms with Gasteiger partial charge in [-0.05, 0) is 36.5 Å². The average Bonchev–Trinajstić information content (AvgIpc) is 2.56. The van der Waals surface area contributed by atoms with Crippen molar-refractivity contribution in [1.29, 1.82) is 0 Å². The smallest absolute Gasteiger partial charge is 0.0420 e. The van der Waals surface area contributed by atoms with Crippen LogP contribution in [-0.2, 0) is 5.41 Å². The van der Waals surface area contributed by atoms with E-state index in [0.29, 0.717) is 0 Å². The molecule has 100 valence electrons. The van der Waals surface area contributed by atoms with Crippen molar-refractivity contribution in [3.05, 3.63) is 95.6 Å². The fourth-order valence-corrected chi connectivity index (χ4v) is 3.03. The molecule has 20 heavy (non-hydrogen) atoms. The summed E-state index contributed by atoms with van der Waals surface area (Å²) in [6.07, 6.45) is 9.27. The highest BCUT2D eigenvalue weighted by Gasteiger charge is 2.31. The zero-order valence-corrected chi connectivity index (χ0v) is 11.9. The fourth-order valence-electron chi connectivity index (χ4n) is 3.03. The highest BCUT2D eigenvalue weighted by Crippen LogP contribution is 2.40. The van der Waals surface area contributed by atoms with E-state index < -0.39 is 0 Å². The molecule has 0 unspecified atom stereocenters. The lowest BCUT2D eigenvalue weighted by molar-refractivity contribution is 0.681. The first-order valence-electron chi connectivity index (χ1n) is 7.30. The molecule has 0 amide bonds. The average molecular weight is 260 g/mol. The van der Waals surface area contributed by atoms with Crippen LogP contribution >= 0.6 is 0 Å². The van der Waals surface area contributed by atoms with E-state index in [-0.39, 0.29) is 5.41 Å². The molecule has 1 aliphatic carbocycles. The van der Waals surface area contributed by atoms with E-state index in [2.05, 4.69) is 85.8 Å². The van der Waals surface area contributed by atoms with E-state index in [9.17, 15) is 0 Å². The SMILES string of the molecule is CC(C1=CCCC=C1)(c1ccccc1)c1ccccc1. The highest BCUT2D eigenvalue weighted by atomic mass is 14.3. The number of hydrogen-bond donors (Lipinski definition) is 0. The Bertz CT molecular complexity index is 578. The van der Waals surface area contributed by atoms with Crippen molar-refractivity contribution in [2.24, 2.45) is 0 Å². The first-order valence-corrected chi connectivity index (χ1v) is 7.30. The van der Waals surface area contributed by atoms with Gasteiger partial charge in [-0.15, -0.1) is 0 Å². The monoisotopic (exact) mass is 260 g/mol. The van der Waals surface area contributed by atoms with Crippen LogP contribution in [0.1, 0.15) is 30.9 Å². The molecule has 2 aromatic carbocycles. The van der Waals surface area contributed by atoms with Crippen LogP contribution in [0.15, 0.2) is 84.5 Å². The minimum Gasteiger partial charge on any atom is -0.0839 e. The van der Waals surface area contributed by atoms with Gasteiger partial charge in [0.05, 0.1) is 0 Å². The predicted octanol–water partition coefficient (Wildman–Crippen LogP) is 5.27. The first-order chi connectivity index (χ1) is 9.82. The zero-order chi connectivity index (χ0) is 13.8. The maximum Gasteiger partial charge on any atom is 0.0420 e. The van der Waals surface area contributed by atoms with Crippen molar-refractivity contribution < 1.29 is 0 Å². The molecule has 0 nitrogen and oxygen atoms in total. The van der Waals surface area contributed by atoms with Crippen LogP contribution in [0.25, 0.3) is 0 Å². The van der Waals surface area contributed by atoms with E-state index in [1.54, 1.807) is 0 Å².